The van der Waals surface area contributed by atoms with Crippen LogP contribution in [0, 0.1) is 12.8 Å². The number of hydrogen-bond acceptors (Lipinski definition) is 3. The van der Waals surface area contributed by atoms with Crippen molar-refractivity contribution in [2.24, 2.45) is 5.92 Å². The Morgan fingerprint density at radius 3 is 2.60 bits per heavy atom. The lowest BCUT2D eigenvalue weighted by Crippen LogP contribution is -2.59. The normalized spacial score (nSPS) is 26.3. The van der Waals surface area contributed by atoms with E-state index in [1.807, 2.05) is 25.1 Å². The zero-order valence-corrected chi connectivity index (χ0v) is 19.3. The van der Waals surface area contributed by atoms with E-state index in [9.17, 15) is 8.42 Å². The minimum atomic E-state index is -3.51. The number of piperidine rings is 1. The molecule has 3 unspecified atom stereocenters. The van der Waals surface area contributed by atoms with Crippen molar-refractivity contribution in [2.75, 3.05) is 13.2 Å². The van der Waals surface area contributed by atoms with Gasteiger partial charge in [-0.3, -0.25) is 0 Å². The van der Waals surface area contributed by atoms with Gasteiger partial charge in [0, 0.05) is 12.6 Å². The number of aryl methyl sites for hydroxylation is 1. The maximum absolute atomic E-state index is 13.5. The molecule has 4 rings (SSSR count). The molecule has 1 saturated heterocycles. The molecule has 0 saturated carbocycles. The Kier molecular flexibility index (Phi) is 5.71. The molecule has 1 heterocycles. The Morgan fingerprint density at radius 1 is 1.17 bits per heavy atom. The highest BCUT2D eigenvalue weighted by Gasteiger charge is 2.51. The molecular weight excluding hydrogens is 394 g/mol. The van der Waals surface area contributed by atoms with Crippen LogP contribution in [-0.2, 0) is 21.9 Å². The lowest BCUT2D eigenvalue weighted by molar-refractivity contribution is 0.0889. The lowest BCUT2D eigenvalue weighted by atomic mass is 9.59. The number of rotatable bonds is 6. The summed E-state index contributed by atoms with van der Waals surface area (Å²) in [5.74, 6) is 1.17. The average Bonchev–Trinajstić information content (AvgIpc) is 2.71. The maximum Gasteiger partial charge on any atom is 0.243 e. The summed E-state index contributed by atoms with van der Waals surface area (Å²) in [5.41, 5.74) is 3.62. The first kappa shape index (κ1) is 21.4. The van der Waals surface area contributed by atoms with Crippen LogP contribution in [0.3, 0.4) is 0 Å². The third-order valence-corrected chi connectivity index (χ3v) is 9.26. The summed E-state index contributed by atoms with van der Waals surface area (Å²) in [6.45, 7) is 9.96. The molecule has 1 aliphatic carbocycles. The predicted molar refractivity (Wildman–Crippen MR) is 121 cm³/mol. The standard InChI is InChI=1S/C25H33NO3S/c1-5-6-15-29-21-10-9-20-16-24-19(3)25(4,23(20)17-21)13-14-26(24)30(27,28)22-11-7-18(2)8-12-22/h7-12,17,19,24H,5-6,13-16H2,1-4H3. The van der Waals surface area contributed by atoms with Crippen molar-refractivity contribution in [2.45, 2.75) is 69.7 Å². The highest BCUT2D eigenvalue weighted by Crippen LogP contribution is 2.50. The van der Waals surface area contributed by atoms with E-state index in [0.29, 0.717) is 11.4 Å². The minimum absolute atomic E-state index is 0.0191. The van der Waals surface area contributed by atoms with Crippen molar-refractivity contribution in [3.63, 3.8) is 0 Å². The van der Waals surface area contributed by atoms with E-state index in [1.54, 1.807) is 16.4 Å². The molecule has 1 fully saturated rings. The Labute approximate surface area is 181 Å². The number of ether oxygens (including phenoxy) is 1. The Balaban J connectivity index is 1.66. The van der Waals surface area contributed by atoms with Crippen LogP contribution in [0.15, 0.2) is 47.4 Å². The average molecular weight is 428 g/mol. The van der Waals surface area contributed by atoms with Crippen LogP contribution in [-0.4, -0.2) is 31.9 Å². The molecule has 0 aromatic heterocycles. The van der Waals surface area contributed by atoms with E-state index in [0.717, 1.165) is 43.6 Å². The number of unbranched alkanes of at least 4 members (excludes halogenated alkanes) is 1. The van der Waals surface area contributed by atoms with Gasteiger partial charge in [0.05, 0.1) is 11.5 Å². The molecule has 2 bridgehead atoms. The van der Waals surface area contributed by atoms with E-state index < -0.39 is 10.0 Å². The van der Waals surface area contributed by atoms with E-state index in [2.05, 4.69) is 32.9 Å². The van der Waals surface area contributed by atoms with Crippen LogP contribution in [0.4, 0.5) is 0 Å². The molecule has 2 aromatic carbocycles. The summed E-state index contributed by atoms with van der Waals surface area (Å²) in [7, 11) is -3.51. The molecule has 0 amide bonds. The van der Waals surface area contributed by atoms with Crippen LogP contribution in [0.5, 0.6) is 5.75 Å². The van der Waals surface area contributed by atoms with E-state index in [4.69, 9.17) is 4.74 Å². The van der Waals surface area contributed by atoms with Crippen molar-refractivity contribution in [3.8, 4) is 5.75 Å². The Morgan fingerprint density at radius 2 is 1.90 bits per heavy atom. The van der Waals surface area contributed by atoms with Crippen molar-refractivity contribution in [1.82, 2.24) is 4.31 Å². The third kappa shape index (κ3) is 3.56. The van der Waals surface area contributed by atoms with Gasteiger partial charge in [-0.15, -0.1) is 0 Å². The van der Waals surface area contributed by atoms with Crippen LogP contribution < -0.4 is 4.74 Å². The summed E-state index contributed by atoms with van der Waals surface area (Å²) >= 11 is 0. The monoisotopic (exact) mass is 427 g/mol. The number of benzene rings is 2. The Bertz CT molecular complexity index is 1020. The number of fused-ring (bicyclic) bond motifs is 4. The van der Waals surface area contributed by atoms with Crippen LogP contribution >= 0.6 is 0 Å². The largest absolute Gasteiger partial charge is 0.494 e. The van der Waals surface area contributed by atoms with Crippen LogP contribution in [0.1, 0.15) is 56.7 Å². The summed E-state index contributed by atoms with van der Waals surface area (Å²) < 4.78 is 34.7. The van der Waals surface area contributed by atoms with Crippen molar-refractivity contribution in [1.29, 1.82) is 0 Å². The van der Waals surface area contributed by atoms with Gasteiger partial charge in [-0.2, -0.15) is 4.31 Å². The minimum Gasteiger partial charge on any atom is -0.494 e. The summed E-state index contributed by atoms with van der Waals surface area (Å²) in [6.07, 6.45) is 3.75. The molecule has 30 heavy (non-hydrogen) atoms. The smallest absolute Gasteiger partial charge is 0.243 e. The molecule has 5 heteroatoms. The van der Waals surface area contributed by atoms with Crippen molar-refractivity contribution in [3.05, 3.63) is 59.2 Å². The highest BCUT2D eigenvalue weighted by molar-refractivity contribution is 7.89. The van der Waals surface area contributed by atoms with E-state index in [1.165, 1.54) is 11.1 Å². The van der Waals surface area contributed by atoms with E-state index >= 15 is 0 Å². The second kappa shape index (κ2) is 8.01. The van der Waals surface area contributed by atoms with Gasteiger partial charge in [0.2, 0.25) is 10.0 Å². The summed E-state index contributed by atoms with van der Waals surface area (Å²) in [6, 6.07) is 13.6. The van der Waals surface area contributed by atoms with Gasteiger partial charge in [-0.05, 0) is 72.9 Å². The quantitative estimate of drug-likeness (QED) is 0.604. The summed E-state index contributed by atoms with van der Waals surface area (Å²) in [4.78, 5) is 0.398. The van der Waals surface area contributed by atoms with E-state index in [-0.39, 0.29) is 17.4 Å². The molecule has 162 valence electrons. The fourth-order valence-electron chi connectivity index (χ4n) is 5.13. The summed E-state index contributed by atoms with van der Waals surface area (Å²) in [5, 5.41) is 0. The molecule has 0 N–H and O–H groups in total. The van der Waals surface area contributed by atoms with Gasteiger partial charge in [-0.25, -0.2) is 8.42 Å². The van der Waals surface area contributed by atoms with Gasteiger partial charge in [0.25, 0.3) is 0 Å². The van der Waals surface area contributed by atoms with Gasteiger partial charge in [-0.1, -0.05) is 51.0 Å². The molecule has 0 spiro atoms. The van der Waals surface area contributed by atoms with Gasteiger partial charge >= 0.3 is 0 Å². The number of nitrogens with zero attached hydrogens (tertiary/aromatic N) is 1. The topological polar surface area (TPSA) is 46.6 Å². The molecule has 2 aliphatic rings. The second-order valence-corrected chi connectivity index (χ2v) is 11.1. The zero-order valence-electron chi connectivity index (χ0n) is 18.5. The van der Waals surface area contributed by atoms with Crippen molar-refractivity contribution >= 4 is 10.0 Å². The van der Waals surface area contributed by atoms with Gasteiger partial charge in [0.1, 0.15) is 5.75 Å². The fraction of sp³-hybridized carbons (Fsp3) is 0.520. The first-order chi connectivity index (χ1) is 14.3. The maximum atomic E-state index is 13.5. The SMILES string of the molecule is CCCCOc1ccc2c(c1)C1(C)CCN(S(=O)(=O)c3ccc(C)cc3)C(C2)C1C. The van der Waals surface area contributed by atoms with Gasteiger partial charge in [0.15, 0.2) is 0 Å². The molecule has 3 atom stereocenters. The molecule has 1 aliphatic heterocycles. The van der Waals surface area contributed by atoms with Crippen LogP contribution in [0.2, 0.25) is 0 Å². The first-order valence-corrected chi connectivity index (χ1v) is 12.6. The molecule has 0 radical (unpaired) electrons. The molecular formula is C25H33NO3S. The lowest BCUT2D eigenvalue weighted by Gasteiger charge is -2.53. The number of sulfonamides is 1. The Hall–Kier alpha value is -1.85. The molecule has 4 nitrogen and oxygen atoms in total. The highest BCUT2D eigenvalue weighted by atomic mass is 32.2. The fourth-order valence-corrected chi connectivity index (χ4v) is 6.82. The van der Waals surface area contributed by atoms with Gasteiger partial charge < -0.3 is 4.74 Å². The van der Waals surface area contributed by atoms with Crippen molar-refractivity contribution < 1.29 is 13.2 Å². The predicted octanol–water partition coefficient (Wildman–Crippen LogP) is 5.09. The first-order valence-electron chi connectivity index (χ1n) is 11.1. The number of hydrogen-bond donors (Lipinski definition) is 0. The van der Waals surface area contributed by atoms with Crippen LogP contribution in [0.25, 0.3) is 0 Å². The zero-order chi connectivity index (χ0) is 21.5. The second-order valence-electron chi connectivity index (χ2n) is 9.18. The molecule has 2 aromatic rings. The third-order valence-electron chi connectivity index (χ3n) is 7.32.